The summed E-state index contributed by atoms with van der Waals surface area (Å²) in [5.41, 5.74) is 4.97. The summed E-state index contributed by atoms with van der Waals surface area (Å²) in [6.07, 6.45) is 15.3. The van der Waals surface area contributed by atoms with Gasteiger partial charge < -0.3 is 0 Å². The van der Waals surface area contributed by atoms with Gasteiger partial charge in [0.2, 0.25) is 0 Å². The minimum absolute atomic E-state index is 0. The van der Waals surface area contributed by atoms with E-state index in [1.807, 2.05) is 56.3 Å². The first-order chi connectivity index (χ1) is 20.3. The molecule has 0 radical (unpaired) electrons. The lowest BCUT2D eigenvalue weighted by atomic mass is 9.74. The average molecular weight is 602 g/mol. The van der Waals surface area contributed by atoms with Crippen molar-refractivity contribution >= 4 is 17.6 Å². The molecule has 1 aliphatic rings. The van der Waals surface area contributed by atoms with Crippen molar-refractivity contribution in [2.45, 2.75) is 139 Å². The summed E-state index contributed by atoms with van der Waals surface area (Å²) in [6.45, 7) is 14.6. The van der Waals surface area contributed by atoms with Gasteiger partial charge in [0.25, 0.3) is 0 Å². The van der Waals surface area contributed by atoms with Crippen molar-refractivity contribution in [2.75, 3.05) is 0 Å². The molecule has 44 heavy (non-hydrogen) atoms. The maximum Gasteiger partial charge on any atom is 0.165 e. The van der Waals surface area contributed by atoms with Crippen LogP contribution in [0.1, 0.15) is 165 Å². The number of benzene rings is 2. The number of carbonyl (C=O) groups excluding carboxylic acids is 2. The summed E-state index contributed by atoms with van der Waals surface area (Å²) in [6, 6.07) is 15.9. The van der Waals surface area contributed by atoms with Crippen LogP contribution >= 0.6 is 0 Å². The van der Waals surface area contributed by atoms with Gasteiger partial charge in [0.05, 0.1) is 11.6 Å². The van der Waals surface area contributed by atoms with Gasteiger partial charge in [0, 0.05) is 24.3 Å². The van der Waals surface area contributed by atoms with Crippen molar-refractivity contribution in [1.82, 2.24) is 0 Å². The van der Waals surface area contributed by atoms with Gasteiger partial charge in [0.1, 0.15) is 5.78 Å². The molecule has 1 saturated carbocycles. The highest BCUT2D eigenvalue weighted by Gasteiger charge is 2.28. The first-order valence-corrected chi connectivity index (χ1v) is 16.7. The number of hydrogen-bond acceptors (Lipinski definition) is 3. The third-order valence-electron chi connectivity index (χ3n) is 8.89. The van der Waals surface area contributed by atoms with E-state index in [9.17, 15) is 9.59 Å². The normalized spacial score (nSPS) is 16.3. The number of hydrogen-bond donors (Lipinski definition) is 0. The van der Waals surface area contributed by atoms with Gasteiger partial charge in [-0.3, -0.25) is 9.59 Å². The smallest absolute Gasteiger partial charge is 0.165 e. The molecule has 244 valence electrons. The maximum atomic E-state index is 13.3. The van der Waals surface area contributed by atoms with Crippen molar-refractivity contribution in [3.63, 3.8) is 0 Å². The molecular formula is C41H63NO2. The Morgan fingerprint density at radius 1 is 0.955 bits per heavy atom. The van der Waals surface area contributed by atoms with E-state index in [-0.39, 0.29) is 20.8 Å². The molecule has 1 atom stereocenters. The highest BCUT2D eigenvalue weighted by Crippen LogP contribution is 2.37. The Morgan fingerprint density at radius 3 is 2.18 bits per heavy atom. The van der Waals surface area contributed by atoms with Crippen LogP contribution in [0.4, 0.5) is 0 Å². The molecule has 0 spiro atoms. The van der Waals surface area contributed by atoms with Gasteiger partial charge in [-0.2, -0.15) is 5.26 Å². The van der Waals surface area contributed by atoms with Crippen molar-refractivity contribution in [1.29, 1.82) is 5.26 Å². The topological polar surface area (TPSA) is 57.9 Å². The minimum atomic E-state index is 0. The van der Waals surface area contributed by atoms with Gasteiger partial charge in [-0.25, -0.2) is 0 Å². The molecule has 0 heterocycles. The third kappa shape index (κ3) is 13.3. The average Bonchev–Trinajstić information content (AvgIpc) is 3.03. The zero-order valence-corrected chi connectivity index (χ0v) is 27.1. The van der Waals surface area contributed by atoms with E-state index >= 15 is 0 Å². The standard InChI is InChI=1S/C37H49NO2.C2H6.2CH4/c1-5-9-29(10-7-8-11-35(39)22-18-28-12-14-31(26-38)15-13-28)24-30-16-19-33(20-17-30)37(40)34-21-23-36(27(3)4)32(6-2)25-34;1-2;;/h6,12-15,21,23,25,27,29-30,33H,2,5,7-11,16-20,22,24H2,1,3-4H3;1-2H3;2*1H4. The van der Waals surface area contributed by atoms with E-state index in [4.69, 9.17) is 5.26 Å². The zero-order chi connectivity index (χ0) is 30.9. The largest absolute Gasteiger partial charge is 0.300 e. The Morgan fingerprint density at radius 2 is 1.61 bits per heavy atom. The molecule has 0 aliphatic heterocycles. The second kappa shape index (κ2) is 22.5. The van der Waals surface area contributed by atoms with Crippen molar-refractivity contribution in [3.05, 3.63) is 76.9 Å². The van der Waals surface area contributed by atoms with E-state index in [1.165, 1.54) is 31.2 Å². The van der Waals surface area contributed by atoms with Crippen LogP contribution in [-0.2, 0) is 11.2 Å². The fraction of sp³-hybridized carbons (Fsp3) is 0.585. The predicted octanol–water partition coefficient (Wildman–Crippen LogP) is 12.2. The molecule has 1 aliphatic carbocycles. The molecule has 0 amide bonds. The SMILES string of the molecule is C.C.C=Cc1cc(C(=O)C2CCC(CC(CCC)CCCCC(=O)CCc3ccc(C#N)cc3)CC2)ccc1C(C)C.CC. The second-order valence-corrected chi connectivity index (χ2v) is 12.3. The molecule has 2 aromatic rings. The molecule has 0 saturated heterocycles. The summed E-state index contributed by atoms with van der Waals surface area (Å²) in [5.74, 6) is 2.68. The van der Waals surface area contributed by atoms with Crippen LogP contribution in [0.5, 0.6) is 0 Å². The number of nitrogens with zero attached hydrogens (tertiary/aromatic N) is 1. The van der Waals surface area contributed by atoms with E-state index < -0.39 is 0 Å². The number of aryl methyl sites for hydroxylation is 1. The lowest BCUT2D eigenvalue weighted by molar-refractivity contribution is -0.119. The van der Waals surface area contributed by atoms with E-state index in [0.717, 1.165) is 73.5 Å². The van der Waals surface area contributed by atoms with Crippen LogP contribution < -0.4 is 0 Å². The third-order valence-corrected chi connectivity index (χ3v) is 8.89. The van der Waals surface area contributed by atoms with E-state index in [0.29, 0.717) is 35.9 Å². The number of carbonyl (C=O) groups is 2. The van der Waals surface area contributed by atoms with Gasteiger partial charge in [0.15, 0.2) is 5.78 Å². The molecular weight excluding hydrogens is 538 g/mol. The minimum Gasteiger partial charge on any atom is -0.300 e. The Labute approximate surface area is 271 Å². The van der Waals surface area contributed by atoms with Crippen LogP contribution in [0, 0.1) is 29.1 Å². The Balaban J connectivity index is 0.00000453. The van der Waals surface area contributed by atoms with Gasteiger partial charge in [-0.1, -0.05) is 112 Å². The van der Waals surface area contributed by atoms with Crippen LogP contribution in [0.3, 0.4) is 0 Å². The van der Waals surface area contributed by atoms with Gasteiger partial charge in [-0.05, 0) is 97.6 Å². The molecule has 3 heteroatoms. The van der Waals surface area contributed by atoms with Gasteiger partial charge >= 0.3 is 0 Å². The molecule has 2 aromatic carbocycles. The summed E-state index contributed by atoms with van der Waals surface area (Å²) < 4.78 is 0. The van der Waals surface area contributed by atoms with Crippen LogP contribution in [0.15, 0.2) is 49.0 Å². The fourth-order valence-corrected chi connectivity index (χ4v) is 6.50. The van der Waals surface area contributed by atoms with Crippen molar-refractivity contribution in [3.8, 4) is 6.07 Å². The highest BCUT2D eigenvalue weighted by molar-refractivity contribution is 5.98. The molecule has 0 bridgehead atoms. The van der Waals surface area contributed by atoms with E-state index in [1.54, 1.807) is 0 Å². The summed E-state index contributed by atoms with van der Waals surface area (Å²) >= 11 is 0. The monoisotopic (exact) mass is 601 g/mol. The molecule has 0 aromatic heterocycles. The van der Waals surface area contributed by atoms with Crippen molar-refractivity contribution in [2.24, 2.45) is 17.8 Å². The molecule has 3 nitrogen and oxygen atoms in total. The number of Topliss-reactive ketones (excluding diaryl/α,β-unsaturated/α-hetero) is 2. The van der Waals surface area contributed by atoms with Crippen molar-refractivity contribution < 1.29 is 9.59 Å². The van der Waals surface area contributed by atoms with E-state index in [2.05, 4.69) is 39.5 Å². The highest BCUT2D eigenvalue weighted by atomic mass is 16.1. The van der Waals surface area contributed by atoms with Crippen LogP contribution in [0.25, 0.3) is 6.08 Å². The molecule has 0 N–H and O–H groups in total. The van der Waals surface area contributed by atoms with Crippen LogP contribution in [0.2, 0.25) is 0 Å². The summed E-state index contributed by atoms with van der Waals surface area (Å²) in [5, 5.41) is 8.92. The quantitative estimate of drug-likeness (QED) is 0.142. The van der Waals surface area contributed by atoms with Crippen LogP contribution in [-0.4, -0.2) is 11.6 Å². The number of nitriles is 1. The zero-order valence-electron chi connectivity index (χ0n) is 27.1. The Hall–Kier alpha value is -2.99. The Kier molecular flexibility index (Phi) is 21.0. The second-order valence-electron chi connectivity index (χ2n) is 12.3. The molecule has 1 fully saturated rings. The summed E-state index contributed by atoms with van der Waals surface area (Å²) in [4.78, 5) is 25.7. The number of rotatable bonds is 16. The Bertz CT molecular complexity index is 1150. The first-order valence-electron chi connectivity index (χ1n) is 16.7. The lowest BCUT2D eigenvalue weighted by Crippen LogP contribution is -2.23. The molecule has 1 unspecified atom stereocenters. The molecule has 3 rings (SSSR count). The fourth-order valence-electron chi connectivity index (χ4n) is 6.50. The first kappa shape index (κ1) is 41.0. The predicted molar refractivity (Wildman–Crippen MR) is 191 cm³/mol. The number of unbranched alkanes of at least 4 members (excludes halogenated alkanes) is 1. The van der Waals surface area contributed by atoms with Gasteiger partial charge in [-0.15, -0.1) is 0 Å². The number of ketones is 2. The maximum absolute atomic E-state index is 13.3. The lowest BCUT2D eigenvalue weighted by Gasteiger charge is -2.30. The summed E-state index contributed by atoms with van der Waals surface area (Å²) in [7, 11) is 0.